The van der Waals surface area contributed by atoms with Crippen LogP contribution in [-0.4, -0.2) is 30.8 Å². The molecule has 5 heteroatoms. The first-order chi connectivity index (χ1) is 13.2. The van der Waals surface area contributed by atoms with Gasteiger partial charge in [-0.1, -0.05) is 45.0 Å². The van der Waals surface area contributed by atoms with E-state index in [1.54, 1.807) is 0 Å². The summed E-state index contributed by atoms with van der Waals surface area (Å²) in [5.74, 6) is 1.07. The third-order valence-electron chi connectivity index (χ3n) is 5.83. The van der Waals surface area contributed by atoms with E-state index < -0.39 is 0 Å². The molecule has 0 fully saturated rings. The molecular formula is C23H31N5. The van der Waals surface area contributed by atoms with E-state index in [1.165, 1.54) is 28.2 Å². The Balaban J connectivity index is 1.57. The Morgan fingerprint density at radius 3 is 2.39 bits per heavy atom. The Morgan fingerprint density at radius 2 is 1.79 bits per heavy atom. The minimum atomic E-state index is 0.171. The van der Waals surface area contributed by atoms with Gasteiger partial charge in [0.1, 0.15) is 5.82 Å². The lowest BCUT2D eigenvalue weighted by Crippen LogP contribution is -2.31. The topological polar surface area (TPSA) is 38.9 Å². The molecule has 1 aliphatic rings. The van der Waals surface area contributed by atoms with Crippen LogP contribution in [0.3, 0.4) is 0 Å². The highest BCUT2D eigenvalue weighted by Gasteiger charge is 2.24. The van der Waals surface area contributed by atoms with E-state index in [4.69, 9.17) is 4.98 Å². The van der Waals surface area contributed by atoms with Crippen molar-refractivity contribution in [3.05, 3.63) is 58.7 Å². The Hall–Kier alpha value is -2.40. The van der Waals surface area contributed by atoms with Gasteiger partial charge in [0.15, 0.2) is 0 Å². The summed E-state index contributed by atoms with van der Waals surface area (Å²) in [6.45, 7) is 11.7. The molecule has 0 aliphatic carbocycles. The second-order valence-corrected chi connectivity index (χ2v) is 9.08. The maximum absolute atomic E-state index is 4.99. The van der Waals surface area contributed by atoms with Gasteiger partial charge >= 0.3 is 0 Å². The van der Waals surface area contributed by atoms with Crippen LogP contribution in [0.1, 0.15) is 49.1 Å². The molecule has 0 bridgehead atoms. The zero-order valence-corrected chi connectivity index (χ0v) is 18.0. The number of nitrogens with zero attached hydrogens (tertiary/aromatic N) is 5. The van der Waals surface area contributed by atoms with Crippen LogP contribution in [0, 0.1) is 6.92 Å². The van der Waals surface area contributed by atoms with Crippen LogP contribution in [0.25, 0.3) is 11.4 Å². The number of hydrogen-bond donors (Lipinski definition) is 0. The summed E-state index contributed by atoms with van der Waals surface area (Å²) >= 11 is 0. The molecule has 3 heterocycles. The first kappa shape index (κ1) is 18.9. The first-order valence-corrected chi connectivity index (χ1v) is 10.1. The average Bonchev–Trinajstić information content (AvgIpc) is 3.13. The number of aromatic nitrogens is 4. The van der Waals surface area contributed by atoms with Gasteiger partial charge in [0, 0.05) is 45.7 Å². The predicted molar refractivity (Wildman–Crippen MR) is 113 cm³/mol. The highest BCUT2D eigenvalue weighted by atomic mass is 15.3. The molecule has 1 aliphatic heterocycles. The fraction of sp³-hybridized carbons (Fsp3) is 0.478. The van der Waals surface area contributed by atoms with Gasteiger partial charge in [-0.25, -0.2) is 4.98 Å². The molecule has 28 heavy (non-hydrogen) atoms. The molecule has 0 amide bonds. The minimum Gasteiger partial charge on any atom is -0.330 e. The van der Waals surface area contributed by atoms with Crippen LogP contribution in [0.2, 0.25) is 0 Å². The van der Waals surface area contributed by atoms with E-state index in [-0.39, 0.29) is 5.41 Å². The number of imidazole rings is 1. The van der Waals surface area contributed by atoms with Crippen molar-refractivity contribution in [3.63, 3.8) is 0 Å². The van der Waals surface area contributed by atoms with Gasteiger partial charge < -0.3 is 4.57 Å². The van der Waals surface area contributed by atoms with Crippen molar-refractivity contribution >= 4 is 0 Å². The van der Waals surface area contributed by atoms with Gasteiger partial charge in [0.2, 0.25) is 0 Å². The monoisotopic (exact) mass is 377 g/mol. The smallest absolute Gasteiger partial charge is 0.140 e. The highest BCUT2D eigenvalue weighted by Crippen LogP contribution is 2.29. The molecule has 0 radical (unpaired) electrons. The third-order valence-corrected chi connectivity index (χ3v) is 5.83. The number of aryl methyl sites for hydroxylation is 2. The van der Waals surface area contributed by atoms with Crippen molar-refractivity contribution in [2.75, 3.05) is 6.54 Å². The van der Waals surface area contributed by atoms with Gasteiger partial charge in [-0.3, -0.25) is 9.58 Å². The highest BCUT2D eigenvalue weighted by molar-refractivity contribution is 5.58. The summed E-state index contributed by atoms with van der Waals surface area (Å²) in [6, 6.07) is 11.1. The van der Waals surface area contributed by atoms with E-state index >= 15 is 0 Å². The van der Waals surface area contributed by atoms with Gasteiger partial charge in [-0.15, -0.1) is 0 Å². The van der Waals surface area contributed by atoms with Crippen molar-refractivity contribution in [1.82, 2.24) is 24.2 Å². The summed E-state index contributed by atoms with van der Waals surface area (Å²) in [6.07, 6.45) is 1.00. The molecule has 2 aromatic heterocycles. The van der Waals surface area contributed by atoms with E-state index in [1.807, 2.05) is 11.7 Å². The van der Waals surface area contributed by atoms with E-state index in [2.05, 4.69) is 79.6 Å². The number of rotatable bonds is 3. The molecule has 3 aromatic rings. The molecule has 148 valence electrons. The molecule has 0 saturated carbocycles. The van der Waals surface area contributed by atoms with E-state index in [0.29, 0.717) is 0 Å². The zero-order chi connectivity index (χ0) is 20.1. The lowest BCUT2D eigenvalue weighted by molar-refractivity contribution is 0.232. The van der Waals surface area contributed by atoms with Crippen molar-refractivity contribution in [3.8, 4) is 11.4 Å². The fourth-order valence-corrected chi connectivity index (χ4v) is 4.09. The predicted octanol–water partition coefficient (Wildman–Crippen LogP) is 3.98. The Bertz CT molecular complexity index is 985. The SMILES string of the molecule is Cc1cc(CN2CCc3nc(-c4ccc(C(C)(C)C)cc4)n(C)c3C2)n(C)n1. The van der Waals surface area contributed by atoms with E-state index in [9.17, 15) is 0 Å². The molecule has 4 rings (SSSR count). The van der Waals surface area contributed by atoms with Gasteiger partial charge in [0.25, 0.3) is 0 Å². The third kappa shape index (κ3) is 3.51. The summed E-state index contributed by atoms with van der Waals surface area (Å²) in [5.41, 5.74) is 7.64. The van der Waals surface area contributed by atoms with Crippen LogP contribution in [0.5, 0.6) is 0 Å². The molecule has 0 atom stereocenters. The van der Waals surface area contributed by atoms with Gasteiger partial charge in [-0.2, -0.15) is 5.10 Å². The quantitative estimate of drug-likeness (QED) is 0.693. The van der Waals surface area contributed by atoms with E-state index in [0.717, 1.165) is 37.6 Å². The maximum Gasteiger partial charge on any atom is 0.140 e. The summed E-state index contributed by atoms with van der Waals surface area (Å²) < 4.78 is 4.28. The van der Waals surface area contributed by atoms with Crippen LogP contribution >= 0.6 is 0 Å². The average molecular weight is 378 g/mol. The summed E-state index contributed by atoms with van der Waals surface area (Å²) in [5, 5.41) is 4.48. The normalized spacial score (nSPS) is 15.1. The van der Waals surface area contributed by atoms with Gasteiger partial charge in [0.05, 0.1) is 22.8 Å². The molecule has 1 aromatic carbocycles. The van der Waals surface area contributed by atoms with Gasteiger partial charge in [-0.05, 0) is 24.0 Å². The lowest BCUT2D eigenvalue weighted by atomic mass is 9.87. The molecule has 0 unspecified atom stereocenters. The second kappa shape index (κ2) is 6.89. The molecule has 0 saturated heterocycles. The Morgan fingerprint density at radius 1 is 1.07 bits per heavy atom. The van der Waals surface area contributed by atoms with Crippen LogP contribution in [-0.2, 0) is 39.0 Å². The minimum absolute atomic E-state index is 0.171. The number of fused-ring (bicyclic) bond motifs is 1. The standard InChI is InChI=1S/C23H31N5/c1-16-13-19(27(6)25-16)14-28-12-11-20-21(15-28)26(5)22(24-20)17-7-9-18(10-8-17)23(2,3)4/h7-10,13H,11-12,14-15H2,1-6H3. The largest absolute Gasteiger partial charge is 0.330 e. The lowest BCUT2D eigenvalue weighted by Gasteiger charge is -2.26. The maximum atomic E-state index is 4.99. The van der Waals surface area contributed by atoms with Crippen molar-refractivity contribution in [2.24, 2.45) is 14.1 Å². The van der Waals surface area contributed by atoms with Crippen LogP contribution < -0.4 is 0 Å². The first-order valence-electron chi connectivity index (χ1n) is 10.1. The fourth-order valence-electron chi connectivity index (χ4n) is 4.09. The number of hydrogen-bond acceptors (Lipinski definition) is 3. The second-order valence-electron chi connectivity index (χ2n) is 9.08. The Kier molecular flexibility index (Phi) is 4.66. The van der Waals surface area contributed by atoms with Crippen LogP contribution in [0.4, 0.5) is 0 Å². The molecule has 0 N–H and O–H groups in total. The summed E-state index contributed by atoms with van der Waals surface area (Å²) in [7, 11) is 4.18. The van der Waals surface area contributed by atoms with Crippen molar-refractivity contribution in [2.45, 2.75) is 52.6 Å². The molecule has 0 spiro atoms. The zero-order valence-electron chi connectivity index (χ0n) is 18.0. The summed E-state index contributed by atoms with van der Waals surface area (Å²) in [4.78, 5) is 7.49. The molecular weight excluding hydrogens is 346 g/mol. The molecule has 5 nitrogen and oxygen atoms in total. The van der Waals surface area contributed by atoms with Crippen molar-refractivity contribution in [1.29, 1.82) is 0 Å². The number of benzene rings is 1. The van der Waals surface area contributed by atoms with Crippen LogP contribution in [0.15, 0.2) is 30.3 Å². The van der Waals surface area contributed by atoms with Crippen molar-refractivity contribution < 1.29 is 0 Å². The Labute approximate surface area is 168 Å².